The Morgan fingerprint density at radius 1 is 0.972 bits per heavy atom. The van der Waals surface area contributed by atoms with Gasteiger partial charge in [0.1, 0.15) is 17.3 Å². The summed E-state index contributed by atoms with van der Waals surface area (Å²) in [6, 6.07) is 16.8. The second kappa shape index (κ2) is 9.30. The molecule has 0 radical (unpaired) electrons. The summed E-state index contributed by atoms with van der Waals surface area (Å²) in [4.78, 5) is 28.2. The molecular formula is C28H25NO7. The predicted octanol–water partition coefficient (Wildman–Crippen LogP) is 4.36. The number of methoxy groups -OCH3 is 2. The van der Waals surface area contributed by atoms with E-state index in [1.807, 2.05) is 6.07 Å². The molecule has 36 heavy (non-hydrogen) atoms. The molecular weight excluding hydrogens is 462 g/mol. The van der Waals surface area contributed by atoms with E-state index in [-0.39, 0.29) is 24.7 Å². The van der Waals surface area contributed by atoms with Crippen LogP contribution >= 0.6 is 0 Å². The van der Waals surface area contributed by atoms with Crippen LogP contribution in [0.4, 0.5) is 0 Å². The highest BCUT2D eigenvalue weighted by atomic mass is 16.7. The van der Waals surface area contributed by atoms with Crippen molar-refractivity contribution < 1.29 is 33.6 Å². The minimum atomic E-state index is -0.827. The molecule has 0 spiro atoms. The Kier molecular flexibility index (Phi) is 6.01. The zero-order valence-corrected chi connectivity index (χ0v) is 20.1. The summed E-state index contributed by atoms with van der Waals surface area (Å²) in [5.74, 6) is 0.702. The zero-order chi connectivity index (χ0) is 25.4. The number of rotatable bonds is 6. The largest absolute Gasteiger partial charge is 0.507 e. The number of aliphatic hydroxyl groups is 1. The van der Waals surface area contributed by atoms with Gasteiger partial charge >= 0.3 is 0 Å². The van der Waals surface area contributed by atoms with E-state index in [0.29, 0.717) is 39.7 Å². The van der Waals surface area contributed by atoms with Crippen LogP contribution < -0.4 is 18.9 Å². The molecule has 5 rings (SSSR count). The number of likely N-dealkylation sites (tertiary alicyclic amines) is 1. The summed E-state index contributed by atoms with van der Waals surface area (Å²) in [6.07, 6.45) is 0. The topological polar surface area (TPSA) is 94.5 Å². The third-order valence-corrected chi connectivity index (χ3v) is 6.43. The number of Topliss-reactive ketones (excluding diaryl/α,β-unsaturated/α-hetero) is 1. The summed E-state index contributed by atoms with van der Waals surface area (Å²) in [5.41, 5.74) is 2.57. The van der Waals surface area contributed by atoms with Crippen LogP contribution in [-0.4, -0.2) is 42.7 Å². The second-order valence-corrected chi connectivity index (χ2v) is 8.57. The SMILES string of the molecule is COc1cccc(C2/C(=C(\O)c3ccc(OC)cc3C)C(=O)C(=O)N2Cc2ccc3c(c2)OCO3)c1. The summed E-state index contributed by atoms with van der Waals surface area (Å²) < 4.78 is 21.5. The van der Waals surface area contributed by atoms with Gasteiger partial charge in [-0.05, 0) is 66.1 Å². The van der Waals surface area contributed by atoms with Crippen LogP contribution in [0.3, 0.4) is 0 Å². The van der Waals surface area contributed by atoms with E-state index < -0.39 is 17.7 Å². The lowest BCUT2D eigenvalue weighted by Crippen LogP contribution is -2.29. The Balaban J connectivity index is 1.63. The number of carbonyl (C=O) groups is 2. The summed E-state index contributed by atoms with van der Waals surface area (Å²) >= 11 is 0. The van der Waals surface area contributed by atoms with Gasteiger partial charge in [0.15, 0.2) is 11.5 Å². The molecule has 184 valence electrons. The highest BCUT2D eigenvalue weighted by Crippen LogP contribution is 2.42. The van der Waals surface area contributed by atoms with Gasteiger partial charge in [0.25, 0.3) is 11.7 Å². The molecule has 3 aromatic carbocycles. The first-order valence-electron chi connectivity index (χ1n) is 11.4. The number of amides is 1. The van der Waals surface area contributed by atoms with E-state index in [1.165, 1.54) is 4.90 Å². The van der Waals surface area contributed by atoms with Gasteiger partial charge in [-0.25, -0.2) is 0 Å². The maximum absolute atomic E-state index is 13.4. The van der Waals surface area contributed by atoms with E-state index in [2.05, 4.69) is 0 Å². The number of carbonyl (C=O) groups excluding carboxylic acids is 2. The van der Waals surface area contributed by atoms with Crippen molar-refractivity contribution in [1.29, 1.82) is 0 Å². The fourth-order valence-electron chi connectivity index (χ4n) is 4.61. The average Bonchev–Trinajstić information content (AvgIpc) is 3.46. The van der Waals surface area contributed by atoms with Crippen molar-refractivity contribution in [2.45, 2.75) is 19.5 Å². The summed E-state index contributed by atoms with van der Waals surface area (Å²) in [5, 5.41) is 11.4. The molecule has 1 saturated heterocycles. The lowest BCUT2D eigenvalue weighted by molar-refractivity contribution is -0.140. The zero-order valence-electron chi connectivity index (χ0n) is 20.1. The van der Waals surface area contributed by atoms with Crippen molar-refractivity contribution in [3.63, 3.8) is 0 Å². The van der Waals surface area contributed by atoms with Gasteiger partial charge in [0.05, 0.1) is 25.8 Å². The average molecular weight is 488 g/mol. The van der Waals surface area contributed by atoms with Gasteiger partial charge in [-0.3, -0.25) is 9.59 Å². The smallest absolute Gasteiger partial charge is 0.295 e. The first-order valence-corrected chi connectivity index (χ1v) is 11.4. The molecule has 0 saturated carbocycles. The van der Waals surface area contributed by atoms with E-state index in [9.17, 15) is 14.7 Å². The Labute approximate surface area is 208 Å². The first kappa shape index (κ1) is 23.3. The maximum Gasteiger partial charge on any atom is 0.295 e. The Bertz CT molecular complexity index is 1390. The minimum Gasteiger partial charge on any atom is -0.507 e. The highest BCUT2D eigenvalue weighted by Gasteiger charge is 2.46. The van der Waals surface area contributed by atoms with Crippen molar-refractivity contribution in [1.82, 2.24) is 4.90 Å². The van der Waals surface area contributed by atoms with Crippen LogP contribution in [-0.2, 0) is 16.1 Å². The number of fused-ring (bicyclic) bond motifs is 1. The van der Waals surface area contributed by atoms with Crippen molar-refractivity contribution in [3.05, 3.63) is 88.5 Å². The van der Waals surface area contributed by atoms with Gasteiger partial charge in [0, 0.05) is 12.1 Å². The Morgan fingerprint density at radius 2 is 1.72 bits per heavy atom. The molecule has 1 amide bonds. The van der Waals surface area contributed by atoms with E-state index in [4.69, 9.17) is 18.9 Å². The number of nitrogens with zero attached hydrogens (tertiary/aromatic N) is 1. The molecule has 0 aliphatic carbocycles. The van der Waals surface area contributed by atoms with E-state index in [0.717, 1.165) is 5.56 Å². The van der Waals surface area contributed by atoms with Gasteiger partial charge < -0.3 is 29.0 Å². The summed E-state index contributed by atoms with van der Waals surface area (Å²) in [6.45, 7) is 2.07. The van der Waals surface area contributed by atoms with Crippen LogP contribution in [0.5, 0.6) is 23.0 Å². The molecule has 1 atom stereocenters. The molecule has 1 N–H and O–H groups in total. The molecule has 2 aliphatic rings. The van der Waals surface area contributed by atoms with Crippen LogP contribution in [0.2, 0.25) is 0 Å². The van der Waals surface area contributed by atoms with Crippen molar-refractivity contribution >= 4 is 17.4 Å². The minimum absolute atomic E-state index is 0.0160. The van der Waals surface area contributed by atoms with Crippen molar-refractivity contribution in [3.8, 4) is 23.0 Å². The molecule has 2 heterocycles. The monoisotopic (exact) mass is 487 g/mol. The van der Waals surface area contributed by atoms with Crippen LogP contribution in [0, 0.1) is 6.92 Å². The quantitative estimate of drug-likeness (QED) is 0.314. The number of ketones is 1. The molecule has 1 unspecified atom stereocenters. The molecule has 8 heteroatoms. The van der Waals surface area contributed by atoms with E-state index in [1.54, 1.807) is 75.7 Å². The van der Waals surface area contributed by atoms with Crippen LogP contribution in [0.1, 0.15) is 28.3 Å². The van der Waals surface area contributed by atoms with Crippen molar-refractivity contribution in [2.24, 2.45) is 0 Å². The van der Waals surface area contributed by atoms with Gasteiger partial charge in [-0.2, -0.15) is 0 Å². The normalized spacial score (nSPS) is 18.0. The molecule has 0 bridgehead atoms. The fraction of sp³-hybridized carbons (Fsp3) is 0.214. The molecule has 3 aromatic rings. The molecule has 1 fully saturated rings. The lowest BCUT2D eigenvalue weighted by Gasteiger charge is -2.26. The first-order chi connectivity index (χ1) is 17.4. The molecule has 2 aliphatic heterocycles. The van der Waals surface area contributed by atoms with Crippen LogP contribution in [0.15, 0.2) is 66.2 Å². The number of ether oxygens (including phenoxy) is 4. The molecule has 0 aromatic heterocycles. The van der Waals surface area contributed by atoms with Gasteiger partial charge in [-0.15, -0.1) is 0 Å². The number of hydrogen-bond donors (Lipinski definition) is 1. The number of benzene rings is 3. The molecule has 8 nitrogen and oxygen atoms in total. The van der Waals surface area contributed by atoms with Crippen molar-refractivity contribution in [2.75, 3.05) is 21.0 Å². The number of hydrogen-bond acceptors (Lipinski definition) is 7. The lowest BCUT2D eigenvalue weighted by atomic mass is 9.93. The highest BCUT2D eigenvalue weighted by molar-refractivity contribution is 6.46. The standard InChI is InChI=1S/C28H25NO7/c1-16-11-20(34-3)8-9-21(16)26(30)24-25(18-5-4-6-19(13-18)33-2)29(28(32)27(24)31)14-17-7-10-22-23(12-17)36-15-35-22/h4-13,25,30H,14-15H2,1-3H3/b26-24+. The Hall–Kier alpha value is -4.46. The number of aryl methyl sites for hydroxylation is 1. The van der Waals surface area contributed by atoms with Gasteiger partial charge in [-0.1, -0.05) is 18.2 Å². The summed E-state index contributed by atoms with van der Waals surface area (Å²) in [7, 11) is 3.10. The third kappa shape index (κ3) is 4.00. The second-order valence-electron chi connectivity index (χ2n) is 8.57. The van der Waals surface area contributed by atoms with E-state index >= 15 is 0 Å². The third-order valence-electron chi connectivity index (χ3n) is 6.43. The Morgan fingerprint density at radius 3 is 2.47 bits per heavy atom. The maximum atomic E-state index is 13.4. The predicted molar refractivity (Wildman–Crippen MR) is 131 cm³/mol. The van der Waals surface area contributed by atoms with Gasteiger partial charge in [0.2, 0.25) is 6.79 Å². The number of aliphatic hydroxyl groups excluding tert-OH is 1. The van der Waals surface area contributed by atoms with Crippen LogP contribution in [0.25, 0.3) is 5.76 Å². The fourth-order valence-corrected chi connectivity index (χ4v) is 4.61.